The van der Waals surface area contributed by atoms with Gasteiger partial charge in [0.2, 0.25) is 0 Å². The van der Waals surface area contributed by atoms with E-state index in [2.05, 4.69) is 9.98 Å². The number of nitro benzene ring substituents is 2. The Morgan fingerprint density at radius 1 is 0.750 bits per heavy atom. The fourth-order valence-corrected chi connectivity index (χ4v) is 4.03. The quantitative estimate of drug-likeness (QED) is 0.218. The summed E-state index contributed by atoms with van der Waals surface area (Å²) in [5, 5.41) is 44.8. The van der Waals surface area contributed by atoms with Crippen molar-refractivity contribution in [2.75, 3.05) is 27.4 Å². The number of hydrogen-bond donors (Lipinski definition) is 2. The summed E-state index contributed by atoms with van der Waals surface area (Å²) >= 11 is 0. The van der Waals surface area contributed by atoms with Crippen LogP contribution in [0, 0.1) is 20.2 Å². The van der Waals surface area contributed by atoms with Crippen LogP contribution in [0.1, 0.15) is 63.8 Å². The van der Waals surface area contributed by atoms with Crippen LogP contribution in [0.2, 0.25) is 0 Å². The number of methoxy groups -OCH3 is 2. The van der Waals surface area contributed by atoms with Gasteiger partial charge >= 0.3 is 0 Å². The van der Waals surface area contributed by atoms with Crippen LogP contribution in [-0.4, -0.2) is 72.0 Å². The molecule has 12 heteroatoms. The van der Waals surface area contributed by atoms with Crippen molar-refractivity contribution in [2.24, 2.45) is 9.98 Å². The third kappa shape index (κ3) is 8.06. The van der Waals surface area contributed by atoms with E-state index in [1.165, 1.54) is 50.9 Å². The van der Waals surface area contributed by atoms with Crippen molar-refractivity contribution < 1.29 is 29.5 Å². The minimum Gasteiger partial charge on any atom is -0.507 e. The van der Waals surface area contributed by atoms with Gasteiger partial charge in [-0.2, -0.15) is 0 Å². The number of non-ortho nitro benzene ring substituents is 2. The highest BCUT2D eigenvalue weighted by molar-refractivity contribution is 5.87. The molecule has 0 bridgehead atoms. The Kier molecular flexibility index (Phi) is 10.5. The second-order valence-corrected chi connectivity index (χ2v) is 11.5. The van der Waals surface area contributed by atoms with Gasteiger partial charge in [-0.15, -0.1) is 0 Å². The monoisotopic (exact) mass is 558 g/mol. The second kappa shape index (κ2) is 13.0. The first kappa shape index (κ1) is 32.3. The molecule has 0 heterocycles. The van der Waals surface area contributed by atoms with E-state index in [4.69, 9.17) is 9.47 Å². The fourth-order valence-electron chi connectivity index (χ4n) is 4.03. The summed E-state index contributed by atoms with van der Waals surface area (Å²) in [6.07, 6.45) is 2.67. The van der Waals surface area contributed by atoms with Gasteiger partial charge in [0.15, 0.2) is 0 Å². The number of rotatable bonds is 11. The zero-order valence-electron chi connectivity index (χ0n) is 24.2. The first-order valence-corrected chi connectivity index (χ1v) is 12.6. The first-order chi connectivity index (χ1) is 18.5. The number of nitro groups is 2. The van der Waals surface area contributed by atoms with Crippen LogP contribution in [0.5, 0.6) is 11.5 Å². The molecule has 0 amide bonds. The molecule has 0 saturated carbocycles. The summed E-state index contributed by atoms with van der Waals surface area (Å²) in [4.78, 5) is 31.1. The van der Waals surface area contributed by atoms with Crippen molar-refractivity contribution in [3.8, 4) is 11.5 Å². The molecule has 2 rings (SSSR count). The van der Waals surface area contributed by atoms with E-state index in [1.54, 1.807) is 0 Å². The molecular weight excluding hydrogens is 520 g/mol. The maximum atomic E-state index is 11.5. The van der Waals surface area contributed by atoms with Crippen LogP contribution in [0.25, 0.3) is 0 Å². The molecule has 2 aromatic rings. The third-order valence-corrected chi connectivity index (χ3v) is 6.22. The van der Waals surface area contributed by atoms with E-state index < -0.39 is 32.8 Å². The van der Waals surface area contributed by atoms with Gasteiger partial charge in [-0.05, 0) is 10.8 Å². The van der Waals surface area contributed by atoms with E-state index in [-0.39, 0.29) is 47.2 Å². The topological polar surface area (TPSA) is 170 Å². The average Bonchev–Trinajstić information content (AvgIpc) is 2.84. The van der Waals surface area contributed by atoms with Gasteiger partial charge in [-0.25, -0.2) is 0 Å². The number of aliphatic imine (C=N–C) groups is 2. The van der Waals surface area contributed by atoms with Crippen molar-refractivity contribution in [1.82, 2.24) is 0 Å². The highest BCUT2D eigenvalue weighted by Crippen LogP contribution is 2.37. The van der Waals surface area contributed by atoms with Crippen molar-refractivity contribution in [3.05, 3.63) is 66.7 Å². The summed E-state index contributed by atoms with van der Waals surface area (Å²) in [5.74, 6) is -0.248. The van der Waals surface area contributed by atoms with Crippen LogP contribution in [0.15, 0.2) is 34.3 Å². The number of hydrogen-bond acceptors (Lipinski definition) is 10. The highest BCUT2D eigenvalue weighted by Gasteiger charge is 2.27. The van der Waals surface area contributed by atoms with Crippen molar-refractivity contribution in [2.45, 2.75) is 64.5 Å². The van der Waals surface area contributed by atoms with Gasteiger partial charge in [-0.3, -0.25) is 30.2 Å². The molecule has 0 radical (unpaired) electrons. The predicted octanol–water partition coefficient (Wildman–Crippen LogP) is 5.08. The van der Waals surface area contributed by atoms with Gasteiger partial charge in [0.1, 0.15) is 11.5 Å². The summed E-state index contributed by atoms with van der Waals surface area (Å²) in [7, 11) is 2.95. The smallest absolute Gasteiger partial charge is 0.270 e. The molecule has 218 valence electrons. The zero-order chi connectivity index (χ0) is 30.4. The molecule has 2 atom stereocenters. The van der Waals surface area contributed by atoms with Gasteiger partial charge in [0, 0.05) is 73.2 Å². The first-order valence-electron chi connectivity index (χ1n) is 12.6. The van der Waals surface area contributed by atoms with Gasteiger partial charge in [0.25, 0.3) is 11.4 Å². The lowest BCUT2D eigenvalue weighted by Crippen LogP contribution is -2.31. The predicted molar refractivity (Wildman–Crippen MR) is 153 cm³/mol. The van der Waals surface area contributed by atoms with E-state index in [0.29, 0.717) is 11.1 Å². The molecule has 0 saturated heterocycles. The van der Waals surface area contributed by atoms with Gasteiger partial charge < -0.3 is 19.7 Å². The number of phenolic OH excluding ortho intramolecular Hbond substituents is 2. The Balaban J connectivity index is 2.58. The molecule has 0 aliphatic rings. The average molecular weight is 559 g/mol. The van der Waals surface area contributed by atoms with E-state index >= 15 is 0 Å². The normalized spacial score (nSPS) is 14.1. The Morgan fingerprint density at radius 2 is 1.07 bits per heavy atom. The lowest BCUT2D eigenvalue weighted by atomic mass is 9.85. The maximum Gasteiger partial charge on any atom is 0.270 e. The molecule has 2 N–H and O–H groups in total. The molecule has 12 nitrogen and oxygen atoms in total. The SMILES string of the molecule is COC[C@@H](N=Cc1cc([N+](=O)[O-])cc(C(C)(C)C)c1O)[C@@H](COC)N=Cc1cc([N+](=O)[O-])cc(C(C)(C)C)c1O. The van der Waals surface area contributed by atoms with Crippen LogP contribution in [0.4, 0.5) is 11.4 Å². The Bertz CT molecular complexity index is 1190. The largest absolute Gasteiger partial charge is 0.507 e. The van der Waals surface area contributed by atoms with E-state index in [9.17, 15) is 30.4 Å². The minimum absolute atomic E-state index is 0.0812. The van der Waals surface area contributed by atoms with Crippen molar-refractivity contribution >= 4 is 23.8 Å². The molecule has 0 aliphatic carbocycles. The van der Waals surface area contributed by atoms with Crippen molar-refractivity contribution in [1.29, 1.82) is 0 Å². The Labute approximate surface area is 233 Å². The lowest BCUT2D eigenvalue weighted by Gasteiger charge is -2.22. The summed E-state index contributed by atoms with van der Waals surface area (Å²) < 4.78 is 10.7. The van der Waals surface area contributed by atoms with Crippen LogP contribution < -0.4 is 0 Å². The number of aromatic hydroxyl groups is 2. The summed E-state index contributed by atoms with van der Waals surface area (Å²) in [5.41, 5.74) is -0.399. The fraction of sp³-hybridized carbons (Fsp3) is 0.500. The van der Waals surface area contributed by atoms with Crippen molar-refractivity contribution in [3.63, 3.8) is 0 Å². The second-order valence-electron chi connectivity index (χ2n) is 11.5. The highest BCUT2D eigenvalue weighted by atomic mass is 16.6. The number of nitrogens with zero attached hydrogens (tertiary/aromatic N) is 4. The van der Waals surface area contributed by atoms with E-state index in [0.717, 1.165) is 0 Å². The van der Waals surface area contributed by atoms with Crippen LogP contribution >= 0.6 is 0 Å². The summed E-state index contributed by atoms with van der Waals surface area (Å²) in [6, 6.07) is 3.83. The molecule has 40 heavy (non-hydrogen) atoms. The zero-order valence-corrected chi connectivity index (χ0v) is 24.2. The standard InChI is InChI=1S/C28H38N4O8/c1-27(2,3)21-11-19(31(35)36)9-17(25(21)33)13-29-23(15-39-7)24(16-40-8)30-14-18-10-20(32(37)38)12-22(26(18)34)28(4,5)6/h9-14,23-24,33-34H,15-16H2,1-8H3/t23-,24-/m1/s1. The van der Waals surface area contributed by atoms with Gasteiger partial charge in [-0.1, -0.05) is 41.5 Å². The molecule has 0 spiro atoms. The number of phenols is 2. The minimum atomic E-state index is -0.666. The molecule has 0 aromatic heterocycles. The molecule has 0 fully saturated rings. The molecular formula is C28H38N4O8. The number of ether oxygens (including phenoxy) is 2. The molecule has 0 aliphatic heterocycles. The van der Waals surface area contributed by atoms with Gasteiger partial charge in [0.05, 0.1) is 35.1 Å². The third-order valence-electron chi connectivity index (χ3n) is 6.22. The molecule has 0 unspecified atom stereocenters. The Morgan fingerprint density at radius 3 is 1.32 bits per heavy atom. The maximum absolute atomic E-state index is 11.5. The Hall–Kier alpha value is -3.90. The van der Waals surface area contributed by atoms with Crippen LogP contribution in [-0.2, 0) is 20.3 Å². The lowest BCUT2D eigenvalue weighted by molar-refractivity contribution is -0.385. The summed E-state index contributed by atoms with van der Waals surface area (Å²) in [6.45, 7) is 11.2. The number of benzene rings is 2. The molecule has 2 aromatic carbocycles. The van der Waals surface area contributed by atoms with Crippen LogP contribution in [0.3, 0.4) is 0 Å². The van der Waals surface area contributed by atoms with E-state index in [1.807, 2.05) is 41.5 Å².